The van der Waals surface area contributed by atoms with E-state index in [1.165, 1.54) is 167 Å². The van der Waals surface area contributed by atoms with Gasteiger partial charge in [0.15, 0.2) is 6.10 Å². The summed E-state index contributed by atoms with van der Waals surface area (Å²) in [6, 6.07) is 0. The van der Waals surface area contributed by atoms with Crippen LogP contribution in [0.1, 0.15) is 290 Å². The Balaban J connectivity index is 4.43. The summed E-state index contributed by atoms with van der Waals surface area (Å²) in [4.78, 5) is 38.1. The number of carbonyl (C=O) groups excluding carboxylic acids is 3. The second kappa shape index (κ2) is 55.7. The molecule has 0 rings (SSSR count). The van der Waals surface area contributed by atoms with Crippen LogP contribution in [0, 0.1) is 0 Å². The molecule has 0 bridgehead atoms. The van der Waals surface area contributed by atoms with E-state index in [0.717, 1.165) is 77.0 Å². The lowest BCUT2D eigenvalue weighted by molar-refractivity contribution is -0.167. The maximum Gasteiger partial charge on any atom is 0.306 e. The highest BCUT2D eigenvalue weighted by Gasteiger charge is 2.19. The lowest BCUT2D eigenvalue weighted by Gasteiger charge is -2.18. The van der Waals surface area contributed by atoms with Gasteiger partial charge in [-0.15, -0.1) is 0 Å². The van der Waals surface area contributed by atoms with Crippen LogP contribution in [0.15, 0.2) is 60.8 Å². The van der Waals surface area contributed by atoms with Crippen LogP contribution in [-0.2, 0) is 28.6 Å². The molecule has 0 heterocycles. The second-order valence-electron chi connectivity index (χ2n) is 19.2. The predicted molar refractivity (Wildman–Crippen MR) is 288 cm³/mol. The van der Waals surface area contributed by atoms with E-state index in [1.54, 1.807) is 0 Å². The first kappa shape index (κ1) is 64.1. The van der Waals surface area contributed by atoms with Crippen molar-refractivity contribution in [2.75, 3.05) is 13.2 Å². The van der Waals surface area contributed by atoms with E-state index < -0.39 is 6.10 Å². The zero-order valence-corrected chi connectivity index (χ0v) is 44.4. The Morgan fingerprint density at radius 3 is 0.910 bits per heavy atom. The molecule has 0 unspecified atom stereocenters. The third kappa shape index (κ3) is 53.9. The highest BCUT2D eigenvalue weighted by atomic mass is 16.6. The minimum Gasteiger partial charge on any atom is -0.462 e. The standard InChI is InChI=1S/C61H108O6/c1-4-7-10-13-16-19-22-25-28-30-33-36-39-42-45-48-51-54-60(63)66-57-58(56-65-59(62)53-50-47-44-41-38-35-32-27-24-21-18-15-12-9-6-3)67-61(64)55-52-49-46-43-40-37-34-31-29-26-23-20-17-14-11-8-5-2/h7,10,16,19,25,28,33,36,42,45,58H,4-6,8-9,11-15,17-18,20-24,26-27,29-32,34-35,37-41,43-44,46-57H2,1-3H3/b10-7-,19-16-,28-25-,36-33-,45-42-/t58-/m0/s1. The van der Waals surface area contributed by atoms with Crippen molar-refractivity contribution < 1.29 is 28.6 Å². The number of unbranched alkanes of at least 4 members (excludes halogenated alkanes) is 31. The highest BCUT2D eigenvalue weighted by Crippen LogP contribution is 2.17. The second-order valence-corrected chi connectivity index (χ2v) is 19.2. The van der Waals surface area contributed by atoms with E-state index >= 15 is 0 Å². The van der Waals surface area contributed by atoms with Gasteiger partial charge in [0, 0.05) is 19.3 Å². The van der Waals surface area contributed by atoms with Gasteiger partial charge >= 0.3 is 17.9 Å². The van der Waals surface area contributed by atoms with Crippen molar-refractivity contribution in [2.24, 2.45) is 0 Å². The molecular weight excluding hydrogens is 829 g/mol. The number of carbonyl (C=O) groups is 3. The quantitative estimate of drug-likeness (QED) is 0.0262. The summed E-state index contributed by atoms with van der Waals surface area (Å²) in [6.45, 7) is 6.51. The average Bonchev–Trinajstić information content (AvgIpc) is 3.33. The molecule has 0 amide bonds. The minimum atomic E-state index is -0.793. The van der Waals surface area contributed by atoms with Crippen LogP contribution in [0.25, 0.3) is 0 Å². The van der Waals surface area contributed by atoms with Crippen LogP contribution in [0.2, 0.25) is 0 Å². The van der Waals surface area contributed by atoms with Crippen LogP contribution >= 0.6 is 0 Å². The summed E-state index contributed by atoms with van der Waals surface area (Å²) >= 11 is 0. The van der Waals surface area contributed by atoms with Crippen molar-refractivity contribution in [2.45, 2.75) is 297 Å². The Morgan fingerprint density at radius 1 is 0.313 bits per heavy atom. The van der Waals surface area contributed by atoms with Gasteiger partial charge in [0.05, 0.1) is 0 Å². The molecule has 1 atom stereocenters. The Bertz CT molecular complexity index is 1210. The molecule has 0 saturated heterocycles. The normalized spacial score (nSPS) is 12.5. The summed E-state index contributed by atoms with van der Waals surface area (Å²) in [5, 5.41) is 0. The number of rotatable bonds is 52. The molecule has 388 valence electrons. The molecule has 6 nitrogen and oxygen atoms in total. The fraction of sp³-hybridized carbons (Fsp3) is 0.787. The molecular formula is C61H108O6. The molecule has 0 aromatic heterocycles. The number of ether oxygens (including phenoxy) is 3. The van der Waals surface area contributed by atoms with Crippen molar-refractivity contribution in [3.05, 3.63) is 60.8 Å². The fourth-order valence-corrected chi connectivity index (χ4v) is 8.24. The summed E-state index contributed by atoms with van der Waals surface area (Å²) in [7, 11) is 0. The van der Waals surface area contributed by atoms with Crippen molar-refractivity contribution in [1.29, 1.82) is 0 Å². The Kier molecular flexibility index (Phi) is 53.3. The molecule has 0 radical (unpaired) electrons. The lowest BCUT2D eigenvalue weighted by Crippen LogP contribution is -2.30. The Morgan fingerprint density at radius 2 is 0.582 bits per heavy atom. The van der Waals surface area contributed by atoms with Gasteiger partial charge in [-0.3, -0.25) is 14.4 Å². The molecule has 0 fully saturated rings. The van der Waals surface area contributed by atoms with Gasteiger partial charge in [-0.05, 0) is 57.8 Å². The molecule has 0 aliphatic rings. The largest absolute Gasteiger partial charge is 0.462 e. The van der Waals surface area contributed by atoms with Crippen LogP contribution in [-0.4, -0.2) is 37.2 Å². The van der Waals surface area contributed by atoms with Crippen molar-refractivity contribution >= 4 is 17.9 Å². The van der Waals surface area contributed by atoms with Gasteiger partial charge in [-0.25, -0.2) is 0 Å². The summed E-state index contributed by atoms with van der Waals surface area (Å²) < 4.78 is 16.8. The average molecular weight is 938 g/mol. The molecule has 0 spiro atoms. The van der Waals surface area contributed by atoms with Crippen molar-refractivity contribution in [1.82, 2.24) is 0 Å². The monoisotopic (exact) mass is 937 g/mol. The molecule has 0 aliphatic carbocycles. The first-order valence-electron chi connectivity index (χ1n) is 28.8. The zero-order chi connectivity index (χ0) is 48.6. The summed E-state index contributed by atoms with van der Waals surface area (Å²) in [5.74, 6) is -0.933. The zero-order valence-electron chi connectivity index (χ0n) is 44.4. The maximum atomic E-state index is 12.9. The van der Waals surface area contributed by atoms with Gasteiger partial charge in [-0.1, -0.05) is 274 Å². The van der Waals surface area contributed by atoms with Gasteiger partial charge in [0.25, 0.3) is 0 Å². The maximum absolute atomic E-state index is 12.9. The predicted octanol–water partition coefficient (Wildman–Crippen LogP) is 19.2. The SMILES string of the molecule is CC/C=C\C/C=C\C/C=C\C/C=C\C/C=C\CCCC(=O)OC[C@H](COC(=O)CCCCCCCCCCCCCCCCC)OC(=O)CCCCCCCCCCCCCCCCCCC. The molecule has 0 aromatic rings. The van der Waals surface area contributed by atoms with Crippen LogP contribution in [0.3, 0.4) is 0 Å². The van der Waals surface area contributed by atoms with E-state index in [1.807, 2.05) is 0 Å². The van der Waals surface area contributed by atoms with Crippen LogP contribution < -0.4 is 0 Å². The summed E-state index contributed by atoms with van der Waals surface area (Å²) in [5.41, 5.74) is 0. The van der Waals surface area contributed by atoms with Crippen LogP contribution in [0.5, 0.6) is 0 Å². The number of hydrogen-bond donors (Lipinski definition) is 0. The van der Waals surface area contributed by atoms with E-state index in [-0.39, 0.29) is 37.5 Å². The number of esters is 3. The van der Waals surface area contributed by atoms with Gasteiger partial charge in [0.1, 0.15) is 13.2 Å². The molecule has 0 N–H and O–H groups in total. The van der Waals surface area contributed by atoms with Crippen LogP contribution in [0.4, 0.5) is 0 Å². The Labute approximate surface area is 415 Å². The van der Waals surface area contributed by atoms with E-state index in [0.29, 0.717) is 19.3 Å². The fourth-order valence-electron chi connectivity index (χ4n) is 8.24. The third-order valence-corrected chi connectivity index (χ3v) is 12.5. The first-order valence-corrected chi connectivity index (χ1v) is 28.8. The minimum absolute atomic E-state index is 0.0876. The first-order chi connectivity index (χ1) is 33.0. The smallest absolute Gasteiger partial charge is 0.306 e. The van der Waals surface area contributed by atoms with Gasteiger partial charge in [-0.2, -0.15) is 0 Å². The van der Waals surface area contributed by atoms with E-state index in [9.17, 15) is 14.4 Å². The van der Waals surface area contributed by atoms with Gasteiger partial charge in [0.2, 0.25) is 0 Å². The molecule has 0 saturated carbocycles. The van der Waals surface area contributed by atoms with Crippen molar-refractivity contribution in [3.63, 3.8) is 0 Å². The molecule has 0 aliphatic heterocycles. The third-order valence-electron chi connectivity index (χ3n) is 12.5. The Hall–Kier alpha value is -2.89. The lowest BCUT2D eigenvalue weighted by atomic mass is 10.0. The number of allylic oxidation sites excluding steroid dienone is 10. The van der Waals surface area contributed by atoms with E-state index in [2.05, 4.69) is 81.5 Å². The highest BCUT2D eigenvalue weighted by molar-refractivity contribution is 5.71. The topological polar surface area (TPSA) is 78.9 Å². The van der Waals surface area contributed by atoms with Gasteiger partial charge < -0.3 is 14.2 Å². The molecule has 67 heavy (non-hydrogen) atoms. The number of hydrogen-bond acceptors (Lipinski definition) is 6. The van der Waals surface area contributed by atoms with E-state index in [4.69, 9.17) is 14.2 Å². The summed E-state index contributed by atoms with van der Waals surface area (Å²) in [6.07, 6.45) is 69.3. The molecule has 0 aromatic carbocycles. The molecule has 6 heteroatoms. The van der Waals surface area contributed by atoms with Crippen molar-refractivity contribution in [3.8, 4) is 0 Å².